The molecule has 1 aliphatic rings. The van der Waals surface area contributed by atoms with Crippen molar-refractivity contribution >= 4 is 28.4 Å². The van der Waals surface area contributed by atoms with Gasteiger partial charge in [0.15, 0.2) is 0 Å². The van der Waals surface area contributed by atoms with E-state index >= 15 is 0 Å². The SMILES string of the molecule is COc1ccc(C)cc1Nc1nc(NC2CCCC2)c2ccccc2n1. The highest BCUT2D eigenvalue weighted by Crippen LogP contribution is 2.30. The van der Waals surface area contributed by atoms with Gasteiger partial charge in [-0.2, -0.15) is 4.98 Å². The second-order valence-electron chi connectivity index (χ2n) is 6.87. The highest BCUT2D eigenvalue weighted by molar-refractivity contribution is 5.90. The summed E-state index contributed by atoms with van der Waals surface area (Å²) in [4.78, 5) is 9.47. The largest absolute Gasteiger partial charge is 0.495 e. The predicted molar refractivity (Wildman–Crippen MR) is 106 cm³/mol. The Bertz CT molecular complexity index is 919. The second-order valence-corrected chi connectivity index (χ2v) is 6.87. The third kappa shape index (κ3) is 3.43. The second kappa shape index (κ2) is 7.20. The highest BCUT2D eigenvalue weighted by atomic mass is 16.5. The Hall–Kier alpha value is -2.82. The van der Waals surface area contributed by atoms with Crippen LogP contribution < -0.4 is 15.4 Å². The molecule has 0 atom stereocenters. The summed E-state index contributed by atoms with van der Waals surface area (Å²) in [5.41, 5.74) is 2.95. The number of ether oxygens (including phenoxy) is 1. The lowest BCUT2D eigenvalue weighted by Crippen LogP contribution is -2.16. The first-order valence-corrected chi connectivity index (χ1v) is 9.18. The van der Waals surface area contributed by atoms with Gasteiger partial charge in [-0.05, 0) is 49.6 Å². The van der Waals surface area contributed by atoms with Crippen molar-refractivity contribution in [3.63, 3.8) is 0 Å². The summed E-state index contributed by atoms with van der Waals surface area (Å²) in [7, 11) is 1.67. The predicted octanol–water partition coefficient (Wildman–Crippen LogP) is 5.04. The van der Waals surface area contributed by atoms with Crippen LogP contribution in [0.15, 0.2) is 42.5 Å². The summed E-state index contributed by atoms with van der Waals surface area (Å²) >= 11 is 0. The third-order valence-electron chi connectivity index (χ3n) is 4.90. The van der Waals surface area contributed by atoms with E-state index in [0.717, 1.165) is 33.7 Å². The summed E-state index contributed by atoms with van der Waals surface area (Å²) in [5, 5.41) is 8.02. The van der Waals surface area contributed by atoms with E-state index in [9.17, 15) is 0 Å². The maximum Gasteiger partial charge on any atom is 0.229 e. The van der Waals surface area contributed by atoms with Crippen molar-refractivity contribution in [3.8, 4) is 5.75 Å². The van der Waals surface area contributed by atoms with E-state index in [1.54, 1.807) is 7.11 Å². The van der Waals surface area contributed by atoms with Crippen LogP contribution in [0.5, 0.6) is 5.75 Å². The van der Waals surface area contributed by atoms with Crippen molar-refractivity contribution in [2.75, 3.05) is 17.7 Å². The minimum absolute atomic E-state index is 0.495. The van der Waals surface area contributed by atoms with E-state index in [4.69, 9.17) is 14.7 Å². The molecule has 0 saturated heterocycles. The zero-order chi connectivity index (χ0) is 17.9. The normalized spacial score (nSPS) is 14.5. The number of nitrogens with zero attached hydrogens (tertiary/aromatic N) is 2. The topological polar surface area (TPSA) is 59.1 Å². The van der Waals surface area contributed by atoms with Gasteiger partial charge >= 0.3 is 0 Å². The number of nitrogens with one attached hydrogen (secondary N) is 2. The quantitative estimate of drug-likeness (QED) is 0.676. The number of hydrogen-bond acceptors (Lipinski definition) is 5. The number of fused-ring (bicyclic) bond motifs is 1. The molecule has 0 bridgehead atoms. The minimum Gasteiger partial charge on any atom is -0.495 e. The molecule has 4 rings (SSSR count). The molecule has 26 heavy (non-hydrogen) atoms. The number of rotatable bonds is 5. The van der Waals surface area contributed by atoms with Gasteiger partial charge in [0.1, 0.15) is 11.6 Å². The number of para-hydroxylation sites is 1. The maximum atomic E-state index is 5.46. The summed E-state index contributed by atoms with van der Waals surface area (Å²) in [5.74, 6) is 2.25. The van der Waals surface area contributed by atoms with Crippen LogP contribution in [0, 0.1) is 6.92 Å². The molecule has 0 aliphatic heterocycles. The summed E-state index contributed by atoms with van der Waals surface area (Å²) in [6.45, 7) is 2.05. The van der Waals surface area contributed by atoms with Gasteiger partial charge < -0.3 is 15.4 Å². The summed E-state index contributed by atoms with van der Waals surface area (Å²) in [6, 6.07) is 14.7. The van der Waals surface area contributed by atoms with Gasteiger partial charge in [-0.25, -0.2) is 4.98 Å². The fraction of sp³-hybridized carbons (Fsp3) is 0.333. The Morgan fingerprint density at radius 2 is 1.85 bits per heavy atom. The fourth-order valence-corrected chi connectivity index (χ4v) is 3.55. The van der Waals surface area contributed by atoms with Gasteiger partial charge in [0.05, 0.1) is 18.3 Å². The third-order valence-corrected chi connectivity index (χ3v) is 4.90. The van der Waals surface area contributed by atoms with Crippen molar-refractivity contribution in [1.29, 1.82) is 0 Å². The molecule has 1 heterocycles. The number of aromatic nitrogens is 2. The molecule has 5 nitrogen and oxygen atoms in total. The highest BCUT2D eigenvalue weighted by Gasteiger charge is 2.17. The molecule has 1 fully saturated rings. The average Bonchev–Trinajstić information content (AvgIpc) is 3.15. The number of aryl methyl sites for hydroxylation is 1. The number of hydrogen-bond donors (Lipinski definition) is 2. The van der Waals surface area contributed by atoms with E-state index in [2.05, 4.69) is 23.6 Å². The minimum atomic E-state index is 0.495. The van der Waals surface area contributed by atoms with Crippen LogP contribution >= 0.6 is 0 Å². The van der Waals surface area contributed by atoms with Gasteiger partial charge in [0.2, 0.25) is 5.95 Å². The molecule has 1 aliphatic carbocycles. The van der Waals surface area contributed by atoms with Crippen LogP contribution in [0.2, 0.25) is 0 Å². The maximum absolute atomic E-state index is 5.46. The first kappa shape index (κ1) is 16.6. The lowest BCUT2D eigenvalue weighted by atomic mass is 10.2. The Balaban J connectivity index is 1.72. The monoisotopic (exact) mass is 348 g/mol. The average molecular weight is 348 g/mol. The zero-order valence-corrected chi connectivity index (χ0v) is 15.2. The molecule has 0 unspecified atom stereocenters. The molecule has 134 valence electrons. The van der Waals surface area contributed by atoms with Crippen molar-refractivity contribution in [2.24, 2.45) is 0 Å². The number of anilines is 3. The van der Waals surface area contributed by atoms with Gasteiger partial charge in [0.25, 0.3) is 0 Å². The zero-order valence-electron chi connectivity index (χ0n) is 15.2. The van der Waals surface area contributed by atoms with Crippen molar-refractivity contribution < 1.29 is 4.74 Å². The van der Waals surface area contributed by atoms with E-state index in [1.807, 2.05) is 36.4 Å². The van der Waals surface area contributed by atoms with Gasteiger partial charge in [-0.3, -0.25) is 0 Å². The van der Waals surface area contributed by atoms with Crippen LogP contribution in [-0.4, -0.2) is 23.1 Å². The lowest BCUT2D eigenvalue weighted by Gasteiger charge is -2.16. The number of benzene rings is 2. The van der Waals surface area contributed by atoms with Crippen molar-refractivity contribution in [2.45, 2.75) is 38.6 Å². The van der Waals surface area contributed by atoms with Crippen molar-refractivity contribution in [1.82, 2.24) is 9.97 Å². The fourth-order valence-electron chi connectivity index (χ4n) is 3.55. The molecule has 1 aromatic heterocycles. The first-order chi connectivity index (χ1) is 12.7. The van der Waals surface area contributed by atoms with Crippen LogP contribution in [0.1, 0.15) is 31.2 Å². The lowest BCUT2D eigenvalue weighted by molar-refractivity contribution is 0.416. The van der Waals surface area contributed by atoms with Crippen molar-refractivity contribution in [3.05, 3.63) is 48.0 Å². The van der Waals surface area contributed by atoms with Crippen LogP contribution in [0.4, 0.5) is 17.5 Å². The standard InChI is InChI=1S/C21H24N4O/c1-14-11-12-19(26-2)18(13-14)24-21-23-17-10-6-5-9-16(17)20(25-21)22-15-7-3-4-8-15/h5-6,9-13,15H,3-4,7-8H2,1-2H3,(H2,22,23,24,25). The van der Waals surface area contributed by atoms with E-state index in [0.29, 0.717) is 12.0 Å². The molecular weight excluding hydrogens is 324 g/mol. The summed E-state index contributed by atoms with van der Waals surface area (Å²) in [6.07, 6.45) is 4.97. The smallest absolute Gasteiger partial charge is 0.229 e. The molecule has 0 amide bonds. The summed E-state index contributed by atoms with van der Waals surface area (Å²) < 4.78 is 5.46. The Morgan fingerprint density at radius 1 is 1.04 bits per heavy atom. The van der Waals surface area contributed by atoms with Crippen LogP contribution in [0.3, 0.4) is 0 Å². The Labute approximate surface area is 153 Å². The molecule has 2 aromatic carbocycles. The molecule has 3 aromatic rings. The molecule has 0 spiro atoms. The Kier molecular flexibility index (Phi) is 4.61. The Morgan fingerprint density at radius 3 is 2.65 bits per heavy atom. The number of methoxy groups -OCH3 is 1. The molecule has 1 saturated carbocycles. The van der Waals surface area contributed by atoms with E-state index in [1.165, 1.54) is 25.7 Å². The molecular formula is C21H24N4O. The van der Waals surface area contributed by atoms with Crippen LogP contribution in [-0.2, 0) is 0 Å². The molecule has 0 radical (unpaired) electrons. The van der Waals surface area contributed by atoms with Gasteiger partial charge in [-0.15, -0.1) is 0 Å². The first-order valence-electron chi connectivity index (χ1n) is 9.18. The van der Waals surface area contributed by atoms with Crippen LogP contribution in [0.25, 0.3) is 10.9 Å². The molecule has 5 heteroatoms. The van der Waals surface area contributed by atoms with E-state index < -0.39 is 0 Å². The van der Waals surface area contributed by atoms with Gasteiger partial charge in [0, 0.05) is 11.4 Å². The van der Waals surface area contributed by atoms with Gasteiger partial charge in [-0.1, -0.05) is 31.0 Å². The molecule has 2 N–H and O–H groups in total. The van der Waals surface area contributed by atoms with E-state index in [-0.39, 0.29) is 0 Å².